The van der Waals surface area contributed by atoms with Gasteiger partial charge in [0.25, 0.3) is 0 Å². The van der Waals surface area contributed by atoms with Crippen molar-refractivity contribution in [2.24, 2.45) is 0 Å². The molecule has 0 radical (unpaired) electrons. The molecule has 11 atom stereocenters. The van der Waals surface area contributed by atoms with Crippen molar-refractivity contribution >= 4 is 5.97 Å². The van der Waals surface area contributed by atoms with E-state index >= 15 is 0 Å². The van der Waals surface area contributed by atoms with E-state index < -0.39 is 86.7 Å². The third-order valence-corrected chi connectivity index (χ3v) is 12.4. The lowest BCUT2D eigenvalue weighted by atomic mass is 9.98. The number of carbonyl (C=O) groups excluding carboxylic acids is 1. The molecular weight excluding hydrogens is 897 g/mol. The van der Waals surface area contributed by atoms with Crippen LogP contribution in [-0.4, -0.2) is 142 Å². The van der Waals surface area contributed by atoms with Gasteiger partial charge in [0.1, 0.15) is 54.9 Å². The standard InChI is InChI=1S/C56H96O14/c1-3-5-7-9-11-13-15-17-19-21-23-25-27-29-31-33-35-37-39-48(58)68-45(42-65-40-38-36-34-32-30-28-26-24-22-20-18-16-14-12-10-8-6-4-2)43-66-55-54(64)52(62)50(60)47(70-55)44-67-56-53(63)51(61)49(59)46(41-57)69-56/h6,8,12-15,18-21,24,26,45-47,49-57,59-64H,3-5,7,9-11,16-17,22-23,25,27-44H2,1-2H3/b8-6-,14-12-,15-13-,20-18-,21-19-,26-24-. The molecule has 11 unspecified atom stereocenters. The molecule has 2 aliphatic heterocycles. The first kappa shape index (κ1) is 63.5. The summed E-state index contributed by atoms with van der Waals surface area (Å²) in [6.45, 7) is 3.49. The summed E-state index contributed by atoms with van der Waals surface area (Å²) in [6.07, 6.45) is 36.7. The Morgan fingerprint density at radius 1 is 0.486 bits per heavy atom. The van der Waals surface area contributed by atoms with Crippen LogP contribution in [0.2, 0.25) is 0 Å². The number of hydrogen-bond acceptors (Lipinski definition) is 14. The Morgan fingerprint density at radius 2 is 0.929 bits per heavy atom. The number of carbonyl (C=O) groups is 1. The fraction of sp³-hybridized carbons (Fsp3) is 0.768. The van der Waals surface area contributed by atoms with E-state index in [1.807, 2.05) is 0 Å². The summed E-state index contributed by atoms with van der Waals surface area (Å²) in [7, 11) is 0. The summed E-state index contributed by atoms with van der Waals surface area (Å²) in [5.41, 5.74) is 0. The van der Waals surface area contributed by atoms with Crippen molar-refractivity contribution in [2.45, 2.75) is 242 Å². The molecule has 2 fully saturated rings. The fourth-order valence-corrected chi connectivity index (χ4v) is 8.07. The number of aliphatic hydroxyl groups excluding tert-OH is 7. The number of rotatable bonds is 42. The van der Waals surface area contributed by atoms with E-state index in [0.29, 0.717) is 13.0 Å². The second kappa shape index (κ2) is 42.9. The van der Waals surface area contributed by atoms with Gasteiger partial charge in [-0.2, -0.15) is 0 Å². The summed E-state index contributed by atoms with van der Waals surface area (Å²) in [4.78, 5) is 13.0. The number of allylic oxidation sites excluding steroid dienone is 12. The number of ether oxygens (including phenoxy) is 6. The van der Waals surface area contributed by atoms with E-state index in [1.54, 1.807) is 0 Å². The van der Waals surface area contributed by atoms with Crippen LogP contribution in [0.5, 0.6) is 0 Å². The van der Waals surface area contributed by atoms with Crippen LogP contribution in [0.25, 0.3) is 0 Å². The van der Waals surface area contributed by atoms with Crippen molar-refractivity contribution in [1.29, 1.82) is 0 Å². The summed E-state index contributed by atoms with van der Waals surface area (Å²) in [6, 6.07) is 0. The molecule has 2 heterocycles. The lowest BCUT2D eigenvalue weighted by Crippen LogP contribution is -2.61. The van der Waals surface area contributed by atoms with E-state index in [1.165, 1.54) is 51.4 Å². The molecule has 0 aliphatic carbocycles. The van der Waals surface area contributed by atoms with Gasteiger partial charge in [-0.05, 0) is 83.5 Å². The highest BCUT2D eigenvalue weighted by Crippen LogP contribution is 2.26. The van der Waals surface area contributed by atoms with Crippen LogP contribution in [0.15, 0.2) is 72.9 Å². The number of aliphatic hydroxyl groups is 7. The zero-order chi connectivity index (χ0) is 50.9. The minimum Gasteiger partial charge on any atom is -0.457 e. The van der Waals surface area contributed by atoms with Crippen LogP contribution in [0.4, 0.5) is 0 Å². The first-order valence-electron chi connectivity index (χ1n) is 27.0. The molecule has 2 aliphatic rings. The van der Waals surface area contributed by atoms with Gasteiger partial charge in [-0.25, -0.2) is 0 Å². The van der Waals surface area contributed by atoms with Crippen molar-refractivity contribution in [2.75, 3.05) is 33.0 Å². The highest BCUT2D eigenvalue weighted by Gasteiger charge is 2.47. The Labute approximate surface area is 421 Å². The smallest absolute Gasteiger partial charge is 0.306 e. The molecule has 70 heavy (non-hydrogen) atoms. The second-order valence-electron chi connectivity index (χ2n) is 18.7. The summed E-state index contributed by atoms with van der Waals surface area (Å²) < 4.78 is 34.3. The molecule has 0 aromatic carbocycles. The highest BCUT2D eigenvalue weighted by molar-refractivity contribution is 5.69. The first-order chi connectivity index (χ1) is 34.1. The maximum Gasteiger partial charge on any atom is 0.306 e. The van der Waals surface area contributed by atoms with Gasteiger partial charge in [-0.1, -0.05) is 157 Å². The predicted octanol–water partition coefficient (Wildman–Crippen LogP) is 8.69. The topological polar surface area (TPSA) is 214 Å². The fourth-order valence-electron chi connectivity index (χ4n) is 8.07. The predicted molar refractivity (Wildman–Crippen MR) is 275 cm³/mol. The molecule has 0 amide bonds. The zero-order valence-corrected chi connectivity index (χ0v) is 43.0. The van der Waals surface area contributed by atoms with E-state index in [-0.39, 0.29) is 19.6 Å². The maximum absolute atomic E-state index is 13.0. The van der Waals surface area contributed by atoms with Crippen molar-refractivity contribution in [3.8, 4) is 0 Å². The largest absolute Gasteiger partial charge is 0.457 e. The molecular formula is C56H96O14. The average Bonchev–Trinajstić information content (AvgIpc) is 3.36. The molecule has 404 valence electrons. The van der Waals surface area contributed by atoms with Crippen LogP contribution < -0.4 is 0 Å². The normalized spacial score (nSPS) is 26.1. The Morgan fingerprint density at radius 3 is 1.46 bits per heavy atom. The van der Waals surface area contributed by atoms with Gasteiger partial charge in [0.15, 0.2) is 12.6 Å². The monoisotopic (exact) mass is 993 g/mol. The minimum atomic E-state index is -1.72. The lowest BCUT2D eigenvalue weighted by molar-refractivity contribution is -0.332. The molecule has 0 saturated carbocycles. The van der Waals surface area contributed by atoms with Crippen molar-refractivity contribution in [3.63, 3.8) is 0 Å². The molecule has 0 aromatic heterocycles. The van der Waals surface area contributed by atoms with E-state index in [2.05, 4.69) is 86.8 Å². The molecule has 0 spiro atoms. The average molecular weight is 993 g/mol. The summed E-state index contributed by atoms with van der Waals surface area (Å²) >= 11 is 0. The number of unbranched alkanes of at least 4 members (excludes halogenated alkanes) is 16. The molecule has 2 saturated heterocycles. The summed E-state index contributed by atoms with van der Waals surface area (Å²) in [5, 5.41) is 72.2. The Hall–Kier alpha value is -2.57. The van der Waals surface area contributed by atoms with Crippen LogP contribution in [0, 0.1) is 0 Å². The van der Waals surface area contributed by atoms with E-state index in [0.717, 1.165) is 96.3 Å². The third kappa shape index (κ3) is 29.8. The first-order valence-corrected chi connectivity index (χ1v) is 27.0. The van der Waals surface area contributed by atoms with Crippen molar-refractivity contribution in [1.82, 2.24) is 0 Å². The Balaban J connectivity index is 1.77. The van der Waals surface area contributed by atoms with Crippen LogP contribution in [0.1, 0.15) is 174 Å². The van der Waals surface area contributed by atoms with Crippen molar-refractivity contribution in [3.05, 3.63) is 72.9 Å². The van der Waals surface area contributed by atoms with Gasteiger partial charge in [-0.3, -0.25) is 4.79 Å². The Kier molecular flexibility index (Phi) is 38.9. The third-order valence-electron chi connectivity index (χ3n) is 12.4. The van der Waals surface area contributed by atoms with Gasteiger partial charge in [0.05, 0.1) is 26.4 Å². The second-order valence-corrected chi connectivity index (χ2v) is 18.7. The SMILES string of the molecule is CC/C=C\C/C=C\C/C=C\C/C=C\CCCCCCCOCC(COC1OC(COC2OC(CO)C(O)C(O)C2O)C(O)C(O)C1O)OC(=O)CCCCCCCCC/C=C\C/C=C\CCCCCC. The van der Waals surface area contributed by atoms with Gasteiger partial charge < -0.3 is 64.2 Å². The molecule has 0 aromatic rings. The van der Waals surface area contributed by atoms with E-state index in [9.17, 15) is 40.5 Å². The van der Waals surface area contributed by atoms with Gasteiger partial charge in [0.2, 0.25) is 0 Å². The molecule has 7 N–H and O–H groups in total. The van der Waals surface area contributed by atoms with Crippen molar-refractivity contribution < 1.29 is 69.0 Å². The van der Waals surface area contributed by atoms with E-state index in [4.69, 9.17) is 28.4 Å². The van der Waals surface area contributed by atoms with Crippen LogP contribution in [-0.2, 0) is 33.2 Å². The zero-order valence-electron chi connectivity index (χ0n) is 43.0. The molecule has 14 heteroatoms. The van der Waals surface area contributed by atoms with Crippen LogP contribution in [0.3, 0.4) is 0 Å². The lowest BCUT2D eigenvalue weighted by Gasteiger charge is -2.42. The molecule has 2 rings (SSSR count). The molecule has 0 bridgehead atoms. The highest BCUT2D eigenvalue weighted by atomic mass is 16.7. The molecule has 14 nitrogen and oxygen atoms in total. The van der Waals surface area contributed by atoms with Gasteiger partial charge in [-0.15, -0.1) is 0 Å². The Bertz CT molecular complexity index is 1430. The number of hydrogen-bond donors (Lipinski definition) is 7. The quantitative estimate of drug-likeness (QED) is 0.0173. The van der Waals surface area contributed by atoms with Gasteiger partial charge in [0, 0.05) is 13.0 Å². The van der Waals surface area contributed by atoms with Gasteiger partial charge >= 0.3 is 5.97 Å². The maximum atomic E-state index is 13.0. The minimum absolute atomic E-state index is 0.0419. The van der Waals surface area contributed by atoms with Crippen LogP contribution >= 0.6 is 0 Å². The summed E-state index contributed by atoms with van der Waals surface area (Å²) in [5.74, 6) is -0.394. The number of esters is 1.